The number of benzene rings is 2. The zero-order valence-corrected chi connectivity index (χ0v) is 17.6. The largest absolute Gasteiger partial charge is 0.497 e. The maximum absolute atomic E-state index is 13.0. The fourth-order valence-electron chi connectivity index (χ4n) is 2.88. The predicted octanol–water partition coefficient (Wildman–Crippen LogP) is 4.57. The Bertz CT molecular complexity index is 1070. The molecule has 0 aliphatic rings. The van der Waals surface area contributed by atoms with Crippen LogP contribution in [0.15, 0.2) is 47.4 Å². The smallest absolute Gasteiger partial charge is 0.264 e. The minimum absolute atomic E-state index is 0.220. The summed E-state index contributed by atoms with van der Waals surface area (Å²) in [6.07, 6.45) is 0. The Kier molecular flexibility index (Phi) is 5.26. The van der Waals surface area contributed by atoms with Gasteiger partial charge >= 0.3 is 0 Å². The van der Waals surface area contributed by atoms with E-state index in [1.54, 1.807) is 49.8 Å². The van der Waals surface area contributed by atoms with Crippen molar-refractivity contribution >= 4 is 27.0 Å². The average Bonchev–Trinajstić information content (AvgIpc) is 2.99. The van der Waals surface area contributed by atoms with Crippen LogP contribution in [0.1, 0.15) is 16.3 Å². The van der Waals surface area contributed by atoms with Gasteiger partial charge in [0, 0.05) is 7.05 Å². The van der Waals surface area contributed by atoms with Gasteiger partial charge < -0.3 is 4.74 Å². The molecule has 0 fully saturated rings. The summed E-state index contributed by atoms with van der Waals surface area (Å²) in [4.78, 5) is 5.78. The fraction of sp³-hybridized carbons (Fsp3) is 0.250. The van der Waals surface area contributed by atoms with Gasteiger partial charge in [0.25, 0.3) is 10.0 Å². The zero-order chi connectivity index (χ0) is 19.8. The molecule has 2 aromatic carbocycles. The SMILES string of the molecule is COc1ccc(S(=O)(=O)N(C)c2ccc(C)c(-c3sc(C)nc3C)c2)cc1. The number of nitrogens with zero attached hydrogens (tertiary/aromatic N) is 2. The molecule has 27 heavy (non-hydrogen) atoms. The second-order valence-electron chi connectivity index (χ2n) is 6.29. The monoisotopic (exact) mass is 402 g/mol. The van der Waals surface area contributed by atoms with E-state index in [0.29, 0.717) is 11.4 Å². The molecule has 0 N–H and O–H groups in total. The first-order valence-electron chi connectivity index (χ1n) is 8.42. The Hall–Kier alpha value is -2.38. The molecule has 5 nitrogen and oxygen atoms in total. The van der Waals surface area contributed by atoms with Gasteiger partial charge in [-0.15, -0.1) is 11.3 Å². The molecule has 0 radical (unpaired) electrons. The molecular weight excluding hydrogens is 380 g/mol. The van der Waals surface area contributed by atoms with E-state index in [9.17, 15) is 8.42 Å². The summed E-state index contributed by atoms with van der Waals surface area (Å²) in [6.45, 7) is 5.97. The lowest BCUT2D eigenvalue weighted by atomic mass is 10.1. The van der Waals surface area contributed by atoms with Crippen LogP contribution in [0, 0.1) is 20.8 Å². The lowest BCUT2D eigenvalue weighted by Crippen LogP contribution is -2.26. The van der Waals surface area contributed by atoms with Crippen LogP contribution in [0.25, 0.3) is 10.4 Å². The van der Waals surface area contributed by atoms with E-state index < -0.39 is 10.0 Å². The highest BCUT2D eigenvalue weighted by molar-refractivity contribution is 7.92. The van der Waals surface area contributed by atoms with Crippen LogP contribution in [-0.2, 0) is 10.0 Å². The molecule has 1 heterocycles. The Labute approximate surface area is 164 Å². The molecule has 0 aliphatic carbocycles. The summed E-state index contributed by atoms with van der Waals surface area (Å²) < 4.78 is 32.4. The summed E-state index contributed by atoms with van der Waals surface area (Å²) in [5.41, 5.74) is 3.66. The van der Waals surface area contributed by atoms with Crippen LogP contribution in [0.4, 0.5) is 5.69 Å². The van der Waals surface area contributed by atoms with Crippen LogP contribution in [-0.4, -0.2) is 27.6 Å². The molecule has 0 spiro atoms. The summed E-state index contributed by atoms with van der Waals surface area (Å²) in [7, 11) is -0.552. The number of rotatable bonds is 5. The molecule has 0 atom stereocenters. The van der Waals surface area contributed by atoms with E-state index in [4.69, 9.17) is 4.74 Å². The quantitative estimate of drug-likeness (QED) is 0.627. The number of ether oxygens (including phenoxy) is 1. The Morgan fingerprint density at radius 2 is 1.70 bits per heavy atom. The lowest BCUT2D eigenvalue weighted by molar-refractivity contribution is 0.414. The van der Waals surface area contributed by atoms with Crippen molar-refractivity contribution in [3.63, 3.8) is 0 Å². The van der Waals surface area contributed by atoms with Crippen LogP contribution in [0.5, 0.6) is 5.75 Å². The van der Waals surface area contributed by atoms with Gasteiger partial charge in [0.2, 0.25) is 0 Å². The van der Waals surface area contributed by atoms with E-state index in [-0.39, 0.29) is 4.90 Å². The minimum atomic E-state index is -3.67. The molecule has 7 heteroatoms. The minimum Gasteiger partial charge on any atom is -0.497 e. The third-order valence-electron chi connectivity index (χ3n) is 4.45. The maximum Gasteiger partial charge on any atom is 0.264 e. The highest BCUT2D eigenvalue weighted by Crippen LogP contribution is 2.35. The van der Waals surface area contributed by atoms with Crippen molar-refractivity contribution in [1.82, 2.24) is 4.98 Å². The molecule has 3 aromatic rings. The molecule has 0 bridgehead atoms. The highest BCUT2D eigenvalue weighted by Gasteiger charge is 2.22. The van der Waals surface area contributed by atoms with E-state index in [2.05, 4.69) is 4.98 Å². The van der Waals surface area contributed by atoms with Crippen molar-refractivity contribution in [3.05, 3.63) is 58.7 Å². The van der Waals surface area contributed by atoms with Gasteiger partial charge in [-0.25, -0.2) is 13.4 Å². The van der Waals surface area contributed by atoms with Gasteiger partial charge in [-0.05, 0) is 68.3 Å². The van der Waals surface area contributed by atoms with Crippen molar-refractivity contribution in [1.29, 1.82) is 0 Å². The number of anilines is 1. The third-order valence-corrected chi connectivity index (χ3v) is 7.36. The van der Waals surface area contributed by atoms with Gasteiger partial charge in [-0.1, -0.05) is 6.07 Å². The van der Waals surface area contributed by atoms with E-state index in [1.807, 2.05) is 39.0 Å². The Morgan fingerprint density at radius 1 is 1.04 bits per heavy atom. The highest BCUT2D eigenvalue weighted by atomic mass is 32.2. The van der Waals surface area contributed by atoms with Crippen LogP contribution in [0.3, 0.4) is 0 Å². The van der Waals surface area contributed by atoms with Gasteiger partial charge in [0.15, 0.2) is 0 Å². The normalized spacial score (nSPS) is 11.4. The zero-order valence-electron chi connectivity index (χ0n) is 16.0. The summed E-state index contributed by atoms with van der Waals surface area (Å²) in [5, 5.41) is 0.992. The molecule has 0 unspecified atom stereocenters. The Balaban J connectivity index is 2.02. The molecular formula is C20H22N2O3S2. The third kappa shape index (κ3) is 3.70. The van der Waals surface area contributed by atoms with Crippen LogP contribution < -0.4 is 9.04 Å². The number of hydrogen-bond acceptors (Lipinski definition) is 5. The Morgan fingerprint density at radius 3 is 2.26 bits per heavy atom. The molecule has 0 amide bonds. The predicted molar refractivity (Wildman–Crippen MR) is 110 cm³/mol. The second-order valence-corrected chi connectivity index (χ2v) is 9.47. The van der Waals surface area contributed by atoms with Gasteiger partial charge in [0.1, 0.15) is 5.75 Å². The van der Waals surface area contributed by atoms with Crippen molar-refractivity contribution in [2.24, 2.45) is 0 Å². The maximum atomic E-state index is 13.0. The number of thiazole rings is 1. The number of methoxy groups -OCH3 is 1. The summed E-state index contributed by atoms with van der Waals surface area (Å²) in [5.74, 6) is 0.616. The van der Waals surface area contributed by atoms with Crippen molar-refractivity contribution in [2.45, 2.75) is 25.7 Å². The van der Waals surface area contributed by atoms with E-state index in [0.717, 1.165) is 26.7 Å². The van der Waals surface area contributed by atoms with Crippen molar-refractivity contribution < 1.29 is 13.2 Å². The first-order valence-corrected chi connectivity index (χ1v) is 10.7. The average molecular weight is 403 g/mol. The van der Waals surface area contributed by atoms with Gasteiger partial charge in [-0.2, -0.15) is 0 Å². The number of aryl methyl sites for hydroxylation is 3. The molecule has 3 rings (SSSR count). The summed E-state index contributed by atoms with van der Waals surface area (Å²) in [6, 6.07) is 12.1. The van der Waals surface area contributed by atoms with Crippen molar-refractivity contribution in [3.8, 4) is 16.2 Å². The van der Waals surface area contributed by atoms with E-state index >= 15 is 0 Å². The molecule has 1 aromatic heterocycles. The number of hydrogen-bond donors (Lipinski definition) is 0. The molecule has 142 valence electrons. The molecule has 0 aliphatic heterocycles. The topological polar surface area (TPSA) is 59.5 Å². The first kappa shape index (κ1) is 19.4. The van der Waals surface area contributed by atoms with Crippen LogP contribution in [0.2, 0.25) is 0 Å². The van der Waals surface area contributed by atoms with E-state index in [1.165, 1.54) is 4.31 Å². The van der Waals surface area contributed by atoms with Crippen LogP contribution >= 0.6 is 11.3 Å². The van der Waals surface area contributed by atoms with Gasteiger partial charge in [-0.3, -0.25) is 4.31 Å². The first-order chi connectivity index (χ1) is 12.7. The van der Waals surface area contributed by atoms with Crippen molar-refractivity contribution in [2.75, 3.05) is 18.5 Å². The standard InChI is InChI=1S/C20H22N2O3S2/c1-13-6-7-16(12-19(13)20-14(2)21-15(3)26-20)22(4)27(23,24)18-10-8-17(25-5)9-11-18/h6-12H,1-5H3. The molecule has 0 saturated carbocycles. The summed E-state index contributed by atoms with van der Waals surface area (Å²) >= 11 is 1.62. The number of aromatic nitrogens is 1. The number of sulfonamides is 1. The lowest BCUT2D eigenvalue weighted by Gasteiger charge is -2.21. The molecule has 0 saturated heterocycles. The fourth-order valence-corrected chi connectivity index (χ4v) is 5.06. The second kappa shape index (κ2) is 7.32. The van der Waals surface area contributed by atoms with Gasteiger partial charge in [0.05, 0.1) is 33.3 Å².